The number of nitrogens with one attached hydrogen (secondary N) is 1. The minimum absolute atomic E-state index is 0.0317. The smallest absolute Gasteiger partial charge is 0.358 e. The van der Waals surface area contributed by atoms with Gasteiger partial charge in [-0.05, 0) is 73.7 Å². The van der Waals surface area contributed by atoms with Crippen LogP contribution in [-0.2, 0) is 11.2 Å². The standard InChI is InChI=1S/C29H27N3O3/c1-3-35-29(34)26-18-27(23-10-6-4-8-19(23)2)32(31-26)22-15-12-21(13-16-22)28(33)30-25-17-14-20-9-5-7-11-24(20)25/h4-13,15-16,18,25H,3,14,17H2,1-2H3,(H,30,33)/t25-/m1/s1. The first-order chi connectivity index (χ1) is 17.0. The molecule has 6 nitrogen and oxygen atoms in total. The second kappa shape index (κ2) is 9.58. The Kier molecular flexibility index (Phi) is 6.19. The first kappa shape index (κ1) is 22.6. The molecule has 1 heterocycles. The summed E-state index contributed by atoms with van der Waals surface area (Å²) in [6.45, 7) is 4.07. The molecule has 1 amide bonds. The summed E-state index contributed by atoms with van der Waals surface area (Å²) in [5, 5.41) is 7.71. The fourth-order valence-electron chi connectivity index (χ4n) is 4.64. The molecule has 3 aromatic carbocycles. The van der Waals surface area contributed by atoms with E-state index in [9.17, 15) is 9.59 Å². The third-order valence-corrected chi connectivity index (χ3v) is 6.43. The molecule has 5 rings (SSSR count). The molecule has 0 saturated carbocycles. The van der Waals surface area contributed by atoms with Gasteiger partial charge in [-0.15, -0.1) is 0 Å². The number of aromatic nitrogens is 2. The number of hydrogen-bond acceptors (Lipinski definition) is 4. The van der Waals surface area contributed by atoms with E-state index in [1.54, 1.807) is 29.8 Å². The van der Waals surface area contributed by atoms with E-state index in [0.29, 0.717) is 5.56 Å². The molecule has 0 aliphatic heterocycles. The van der Waals surface area contributed by atoms with Crippen LogP contribution in [0.4, 0.5) is 0 Å². The summed E-state index contributed by atoms with van der Waals surface area (Å²) in [6.07, 6.45) is 1.89. The van der Waals surface area contributed by atoms with Gasteiger partial charge in [0.25, 0.3) is 5.91 Å². The molecule has 0 spiro atoms. The Morgan fingerprint density at radius 2 is 1.77 bits per heavy atom. The monoisotopic (exact) mass is 465 g/mol. The predicted octanol–water partition coefficient (Wildman–Crippen LogP) is 5.44. The Balaban J connectivity index is 1.43. The van der Waals surface area contributed by atoms with Crippen molar-refractivity contribution in [1.82, 2.24) is 15.1 Å². The number of rotatable bonds is 6. The lowest BCUT2D eigenvalue weighted by atomic mass is 10.1. The third-order valence-electron chi connectivity index (χ3n) is 6.43. The molecule has 0 saturated heterocycles. The summed E-state index contributed by atoms with van der Waals surface area (Å²) in [6, 6.07) is 25.3. The molecule has 1 atom stereocenters. The van der Waals surface area contributed by atoms with Gasteiger partial charge in [0.2, 0.25) is 0 Å². The lowest BCUT2D eigenvalue weighted by Gasteiger charge is -2.15. The lowest BCUT2D eigenvalue weighted by Crippen LogP contribution is -2.27. The number of carbonyl (C=O) groups excluding carboxylic acids is 2. The molecular weight excluding hydrogens is 438 g/mol. The third kappa shape index (κ3) is 4.47. The Labute approximate surface area is 204 Å². The minimum Gasteiger partial charge on any atom is -0.461 e. The van der Waals surface area contributed by atoms with Crippen molar-refractivity contribution in [3.05, 3.63) is 107 Å². The second-order valence-electron chi connectivity index (χ2n) is 8.67. The predicted molar refractivity (Wildman–Crippen MR) is 135 cm³/mol. The molecule has 0 unspecified atom stereocenters. The number of amides is 1. The number of hydrogen-bond donors (Lipinski definition) is 1. The quantitative estimate of drug-likeness (QED) is 0.385. The van der Waals surface area contributed by atoms with Gasteiger partial charge < -0.3 is 10.1 Å². The number of esters is 1. The van der Waals surface area contributed by atoms with Crippen LogP contribution in [-0.4, -0.2) is 28.3 Å². The Hall–Kier alpha value is -4.19. The van der Waals surface area contributed by atoms with E-state index in [4.69, 9.17) is 4.74 Å². The molecule has 4 aromatic rings. The average molecular weight is 466 g/mol. The van der Waals surface area contributed by atoms with Crippen LogP contribution in [0.5, 0.6) is 0 Å². The van der Waals surface area contributed by atoms with Crippen LogP contribution >= 0.6 is 0 Å². The van der Waals surface area contributed by atoms with E-state index in [2.05, 4.69) is 22.5 Å². The van der Waals surface area contributed by atoms with Crippen LogP contribution in [0.25, 0.3) is 16.9 Å². The van der Waals surface area contributed by atoms with E-state index in [0.717, 1.165) is 35.3 Å². The van der Waals surface area contributed by atoms with E-state index in [-0.39, 0.29) is 24.2 Å². The number of nitrogens with zero attached hydrogens (tertiary/aromatic N) is 2. The summed E-state index contributed by atoms with van der Waals surface area (Å²) >= 11 is 0. The highest BCUT2D eigenvalue weighted by Gasteiger charge is 2.24. The Morgan fingerprint density at radius 3 is 2.54 bits per heavy atom. The maximum absolute atomic E-state index is 13.0. The van der Waals surface area contributed by atoms with Gasteiger partial charge in [0.15, 0.2) is 5.69 Å². The van der Waals surface area contributed by atoms with Crippen molar-refractivity contribution in [1.29, 1.82) is 0 Å². The highest BCUT2D eigenvalue weighted by atomic mass is 16.5. The normalized spacial score (nSPS) is 14.4. The molecule has 6 heteroatoms. The van der Waals surface area contributed by atoms with Crippen molar-refractivity contribution in [2.45, 2.75) is 32.7 Å². The molecule has 35 heavy (non-hydrogen) atoms. The maximum atomic E-state index is 13.0. The van der Waals surface area contributed by atoms with E-state index >= 15 is 0 Å². The molecule has 1 aliphatic carbocycles. The fraction of sp³-hybridized carbons (Fsp3) is 0.207. The molecule has 0 fully saturated rings. The van der Waals surface area contributed by atoms with Gasteiger partial charge >= 0.3 is 5.97 Å². The summed E-state index contributed by atoms with van der Waals surface area (Å²) < 4.78 is 6.90. The van der Waals surface area contributed by atoms with Crippen molar-refractivity contribution < 1.29 is 14.3 Å². The fourth-order valence-corrected chi connectivity index (χ4v) is 4.64. The number of ether oxygens (including phenoxy) is 1. The van der Waals surface area contributed by atoms with E-state index < -0.39 is 5.97 Å². The maximum Gasteiger partial charge on any atom is 0.358 e. The van der Waals surface area contributed by atoms with E-state index in [1.807, 2.05) is 55.5 Å². The van der Waals surface area contributed by atoms with Crippen molar-refractivity contribution in [3.63, 3.8) is 0 Å². The van der Waals surface area contributed by atoms with Crippen LogP contribution in [0, 0.1) is 6.92 Å². The highest BCUT2D eigenvalue weighted by Crippen LogP contribution is 2.31. The Morgan fingerprint density at radius 1 is 1.03 bits per heavy atom. The van der Waals surface area contributed by atoms with Crippen molar-refractivity contribution >= 4 is 11.9 Å². The average Bonchev–Trinajstić information content (AvgIpc) is 3.50. The molecular formula is C29H27N3O3. The molecule has 176 valence electrons. The van der Waals surface area contributed by atoms with Crippen LogP contribution in [0.3, 0.4) is 0 Å². The number of carbonyl (C=O) groups is 2. The highest BCUT2D eigenvalue weighted by molar-refractivity contribution is 5.95. The zero-order chi connectivity index (χ0) is 24.4. The van der Waals surface area contributed by atoms with Gasteiger partial charge in [-0.3, -0.25) is 4.79 Å². The first-order valence-electron chi connectivity index (χ1n) is 11.9. The minimum atomic E-state index is -0.464. The summed E-state index contributed by atoms with van der Waals surface area (Å²) in [5.41, 5.74) is 6.89. The SMILES string of the molecule is CCOC(=O)c1cc(-c2ccccc2C)n(-c2ccc(C(=O)N[C@@H]3CCc4ccccc43)cc2)n1. The molecule has 0 bridgehead atoms. The zero-order valence-electron chi connectivity index (χ0n) is 19.8. The van der Waals surface area contributed by atoms with Crippen molar-refractivity contribution in [3.8, 4) is 16.9 Å². The van der Waals surface area contributed by atoms with Gasteiger partial charge in [-0.1, -0.05) is 48.5 Å². The van der Waals surface area contributed by atoms with Crippen molar-refractivity contribution in [2.24, 2.45) is 0 Å². The zero-order valence-corrected chi connectivity index (χ0v) is 19.8. The van der Waals surface area contributed by atoms with Crippen LogP contribution in [0.15, 0.2) is 78.9 Å². The summed E-state index contributed by atoms with van der Waals surface area (Å²) in [5.74, 6) is -0.570. The number of aryl methyl sites for hydroxylation is 2. The number of benzene rings is 3. The topological polar surface area (TPSA) is 73.2 Å². The van der Waals surface area contributed by atoms with Gasteiger partial charge in [0.1, 0.15) is 0 Å². The van der Waals surface area contributed by atoms with Crippen LogP contribution in [0.1, 0.15) is 56.9 Å². The molecule has 0 radical (unpaired) electrons. The van der Waals surface area contributed by atoms with Crippen LogP contribution in [0.2, 0.25) is 0 Å². The first-order valence-corrected chi connectivity index (χ1v) is 11.9. The summed E-state index contributed by atoms with van der Waals surface area (Å²) in [7, 11) is 0. The number of fused-ring (bicyclic) bond motifs is 1. The lowest BCUT2D eigenvalue weighted by molar-refractivity contribution is 0.0518. The summed E-state index contributed by atoms with van der Waals surface area (Å²) in [4.78, 5) is 25.4. The Bertz CT molecular complexity index is 1390. The van der Waals surface area contributed by atoms with Gasteiger partial charge in [-0.2, -0.15) is 5.10 Å². The van der Waals surface area contributed by atoms with Gasteiger partial charge in [-0.25, -0.2) is 9.48 Å². The van der Waals surface area contributed by atoms with Crippen molar-refractivity contribution in [2.75, 3.05) is 6.61 Å². The van der Waals surface area contributed by atoms with Gasteiger partial charge in [0, 0.05) is 11.1 Å². The molecule has 1 N–H and O–H groups in total. The van der Waals surface area contributed by atoms with E-state index in [1.165, 1.54) is 11.1 Å². The van der Waals surface area contributed by atoms with Crippen LogP contribution < -0.4 is 5.32 Å². The largest absolute Gasteiger partial charge is 0.461 e. The van der Waals surface area contributed by atoms with Gasteiger partial charge in [0.05, 0.1) is 24.0 Å². The second-order valence-corrected chi connectivity index (χ2v) is 8.67. The molecule has 1 aromatic heterocycles. The molecule has 1 aliphatic rings.